The highest BCUT2D eigenvalue weighted by Crippen LogP contribution is 2.32. The number of benzene rings is 1. The quantitative estimate of drug-likeness (QED) is 0.488. The summed E-state index contributed by atoms with van der Waals surface area (Å²) in [5.74, 6) is 0.722. The van der Waals surface area contributed by atoms with Gasteiger partial charge in [0, 0.05) is 57.2 Å². The van der Waals surface area contributed by atoms with Crippen LogP contribution in [0.5, 0.6) is 0 Å². The van der Waals surface area contributed by atoms with Gasteiger partial charge in [0.25, 0.3) is 0 Å². The summed E-state index contributed by atoms with van der Waals surface area (Å²) in [5.41, 5.74) is 0.864. The molecular formula is C24H26ClF2N7O2. The molecule has 2 aromatic heterocycles. The van der Waals surface area contributed by atoms with E-state index in [2.05, 4.69) is 25.1 Å². The summed E-state index contributed by atoms with van der Waals surface area (Å²) in [6, 6.07) is 7.97. The van der Waals surface area contributed by atoms with Crippen molar-refractivity contribution < 1.29 is 18.3 Å². The van der Waals surface area contributed by atoms with Gasteiger partial charge in [-0.3, -0.25) is 0 Å². The lowest BCUT2D eigenvalue weighted by atomic mass is 10.2. The number of hydrogen-bond donors (Lipinski definition) is 1. The molecule has 0 spiro atoms. The Kier molecular flexibility index (Phi) is 7.30. The lowest BCUT2D eigenvalue weighted by Crippen LogP contribution is -2.39. The van der Waals surface area contributed by atoms with Crippen molar-refractivity contribution in [2.45, 2.75) is 0 Å². The number of halogens is 3. The Morgan fingerprint density at radius 1 is 0.917 bits per heavy atom. The molecule has 190 valence electrons. The first-order chi connectivity index (χ1) is 17.5. The standard InChI is InChI=1S/C24H26ClF2N7O2/c1-32(18-3-2-17(26)22(25)23(18)27)19-4-5-28-24(31-19)29-16-14-20(33-6-10-35-11-7-33)30-21(15-16)34-8-12-36-13-9-34/h2-5,14-15H,6-13H2,1H3,(H,28,29,30,31). The average Bonchev–Trinajstić information content (AvgIpc) is 2.92. The third-order valence-electron chi connectivity index (χ3n) is 6.09. The first-order valence-corrected chi connectivity index (χ1v) is 12.0. The van der Waals surface area contributed by atoms with Crippen LogP contribution in [-0.4, -0.2) is 74.6 Å². The van der Waals surface area contributed by atoms with Gasteiger partial charge in [-0.1, -0.05) is 11.6 Å². The summed E-state index contributed by atoms with van der Waals surface area (Å²) in [4.78, 5) is 19.6. The second-order valence-electron chi connectivity index (χ2n) is 8.39. The van der Waals surface area contributed by atoms with E-state index < -0.39 is 16.7 Å². The van der Waals surface area contributed by atoms with Crippen LogP contribution in [0.25, 0.3) is 0 Å². The lowest BCUT2D eigenvalue weighted by Gasteiger charge is -2.31. The average molecular weight is 518 g/mol. The number of nitrogens with zero attached hydrogens (tertiary/aromatic N) is 6. The van der Waals surface area contributed by atoms with E-state index in [0.717, 1.165) is 49.6 Å². The molecule has 5 rings (SSSR count). The summed E-state index contributed by atoms with van der Waals surface area (Å²) in [5, 5.41) is 2.70. The summed E-state index contributed by atoms with van der Waals surface area (Å²) < 4.78 is 39.2. The van der Waals surface area contributed by atoms with Crippen LogP contribution in [0.4, 0.5) is 43.6 Å². The van der Waals surface area contributed by atoms with Gasteiger partial charge in [0.05, 0.1) is 32.1 Å². The first kappa shape index (κ1) is 24.4. The van der Waals surface area contributed by atoms with Gasteiger partial charge in [0.1, 0.15) is 28.3 Å². The fraction of sp³-hybridized carbons (Fsp3) is 0.375. The molecule has 2 saturated heterocycles. The zero-order valence-electron chi connectivity index (χ0n) is 19.8. The molecule has 2 aliphatic rings. The van der Waals surface area contributed by atoms with Gasteiger partial charge in [0.15, 0.2) is 5.82 Å². The minimum Gasteiger partial charge on any atom is -0.378 e. The molecule has 0 atom stereocenters. The van der Waals surface area contributed by atoms with Crippen molar-refractivity contribution in [3.63, 3.8) is 0 Å². The molecule has 0 unspecified atom stereocenters. The minimum atomic E-state index is -0.855. The van der Waals surface area contributed by atoms with Crippen LogP contribution in [0, 0.1) is 11.6 Å². The van der Waals surface area contributed by atoms with Crippen molar-refractivity contribution in [2.24, 2.45) is 0 Å². The normalized spacial score (nSPS) is 16.2. The molecule has 0 radical (unpaired) electrons. The molecule has 1 aromatic carbocycles. The lowest BCUT2D eigenvalue weighted by molar-refractivity contribution is 0.121. The zero-order valence-corrected chi connectivity index (χ0v) is 20.5. The molecule has 9 nitrogen and oxygen atoms in total. The highest BCUT2D eigenvalue weighted by atomic mass is 35.5. The zero-order chi connectivity index (χ0) is 25.1. The molecule has 0 amide bonds. The van der Waals surface area contributed by atoms with Crippen molar-refractivity contribution in [1.29, 1.82) is 0 Å². The topological polar surface area (TPSA) is 78.9 Å². The van der Waals surface area contributed by atoms with Crippen molar-refractivity contribution >= 4 is 46.4 Å². The van der Waals surface area contributed by atoms with Crippen LogP contribution in [0.3, 0.4) is 0 Å². The SMILES string of the molecule is CN(c1ccnc(Nc2cc(N3CCOCC3)nc(N3CCOCC3)c2)n1)c1ccc(F)c(Cl)c1F. The van der Waals surface area contributed by atoms with Gasteiger partial charge >= 0.3 is 0 Å². The molecule has 36 heavy (non-hydrogen) atoms. The van der Waals surface area contributed by atoms with Crippen LogP contribution in [-0.2, 0) is 9.47 Å². The Labute approximate surface area is 212 Å². The molecule has 0 saturated carbocycles. The molecular weight excluding hydrogens is 492 g/mol. The number of aromatic nitrogens is 3. The van der Waals surface area contributed by atoms with E-state index in [-0.39, 0.29) is 5.69 Å². The third-order valence-corrected chi connectivity index (χ3v) is 6.43. The van der Waals surface area contributed by atoms with Crippen molar-refractivity contribution in [3.8, 4) is 0 Å². The summed E-state index contributed by atoms with van der Waals surface area (Å²) in [6.07, 6.45) is 1.57. The molecule has 4 heterocycles. The summed E-state index contributed by atoms with van der Waals surface area (Å²) in [7, 11) is 1.62. The Bertz CT molecular complexity index is 1190. The predicted molar refractivity (Wildman–Crippen MR) is 135 cm³/mol. The van der Waals surface area contributed by atoms with Crippen LogP contribution >= 0.6 is 11.6 Å². The maximum absolute atomic E-state index is 14.6. The Morgan fingerprint density at radius 2 is 1.53 bits per heavy atom. The molecule has 12 heteroatoms. The number of anilines is 6. The fourth-order valence-electron chi connectivity index (χ4n) is 4.11. The van der Waals surface area contributed by atoms with Gasteiger partial charge in [-0.15, -0.1) is 0 Å². The van der Waals surface area contributed by atoms with Crippen molar-refractivity contribution in [2.75, 3.05) is 79.7 Å². The second-order valence-corrected chi connectivity index (χ2v) is 8.77. The van der Waals surface area contributed by atoms with Crippen molar-refractivity contribution in [3.05, 3.63) is 53.2 Å². The second kappa shape index (κ2) is 10.8. The first-order valence-electron chi connectivity index (χ1n) is 11.6. The monoisotopic (exact) mass is 517 g/mol. The van der Waals surface area contributed by atoms with Crippen LogP contribution < -0.4 is 20.0 Å². The predicted octanol–water partition coefficient (Wildman–Crippen LogP) is 3.99. The van der Waals surface area contributed by atoms with Crippen molar-refractivity contribution in [1.82, 2.24) is 15.0 Å². The Morgan fingerprint density at radius 3 is 2.14 bits per heavy atom. The van der Waals surface area contributed by atoms with Crippen LogP contribution in [0.1, 0.15) is 0 Å². The van der Waals surface area contributed by atoms with Gasteiger partial charge in [-0.05, 0) is 18.2 Å². The number of ether oxygens (including phenoxy) is 2. The molecule has 1 N–H and O–H groups in total. The molecule has 2 fully saturated rings. The minimum absolute atomic E-state index is 0.0965. The van der Waals surface area contributed by atoms with Gasteiger partial charge in [-0.25, -0.2) is 18.7 Å². The molecule has 0 aliphatic carbocycles. The Hall–Kier alpha value is -3.28. The summed E-state index contributed by atoms with van der Waals surface area (Å²) in [6.45, 7) is 5.59. The van der Waals surface area contributed by atoms with E-state index in [1.165, 1.54) is 11.0 Å². The highest BCUT2D eigenvalue weighted by Gasteiger charge is 2.20. The van der Waals surface area contributed by atoms with Crippen LogP contribution in [0.2, 0.25) is 5.02 Å². The van der Waals surface area contributed by atoms with Gasteiger partial charge in [0.2, 0.25) is 5.95 Å². The largest absolute Gasteiger partial charge is 0.378 e. The number of pyridine rings is 1. The van der Waals surface area contributed by atoms with Crippen LogP contribution in [0.15, 0.2) is 36.5 Å². The highest BCUT2D eigenvalue weighted by molar-refractivity contribution is 6.31. The van der Waals surface area contributed by atoms with E-state index >= 15 is 0 Å². The molecule has 0 bridgehead atoms. The molecule has 2 aliphatic heterocycles. The maximum Gasteiger partial charge on any atom is 0.229 e. The molecule has 3 aromatic rings. The number of morpholine rings is 2. The van der Waals surface area contributed by atoms with E-state index in [4.69, 9.17) is 26.1 Å². The van der Waals surface area contributed by atoms with E-state index in [1.807, 2.05) is 12.1 Å². The van der Waals surface area contributed by atoms with Gasteiger partial charge in [-0.2, -0.15) is 4.98 Å². The van der Waals surface area contributed by atoms with Gasteiger partial charge < -0.3 is 29.5 Å². The number of nitrogens with one attached hydrogen (secondary N) is 1. The fourth-order valence-corrected chi connectivity index (χ4v) is 4.27. The van der Waals surface area contributed by atoms with E-state index in [9.17, 15) is 8.78 Å². The van der Waals surface area contributed by atoms with E-state index in [1.54, 1.807) is 19.3 Å². The van der Waals surface area contributed by atoms with E-state index in [0.29, 0.717) is 38.2 Å². The third kappa shape index (κ3) is 5.28. The number of rotatable bonds is 6. The smallest absolute Gasteiger partial charge is 0.229 e. The Balaban J connectivity index is 1.43. The number of hydrogen-bond acceptors (Lipinski definition) is 9. The summed E-state index contributed by atoms with van der Waals surface area (Å²) >= 11 is 5.76. The maximum atomic E-state index is 14.6.